The van der Waals surface area contributed by atoms with Gasteiger partial charge >= 0.3 is 0 Å². The van der Waals surface area contributed by atoms with E-state index in [0.29, 0.717) is 16.9 Å². The van der Waals surface area contributed by atoms with Crippen molar-refractivity contribution >= 4 is 12.6 Å². The molecular weight excluding hydrogens is 257 g/mol. The molecule has 0 heterocycles. The highest BCUT2D eigenvalue weighted by Gasteiger charge is 2.29. The number of benzene rings is 1. The van der Waals surface area contributed by atoms with Crippen molar-refractivity contribution in [1.29, 1.82) is 0 Å². The van der Waals surface area contributed by atoms with Gasteiger partial charge in [0.15, 0.2) is 0 Å². The highest BCUT2D eigenvalue weighted by atomic mass is 32.1. The number of hydrogen-bond acceptors (Lipinski definition) is 2. The van der Waals surface area contributed by atoms with Gasteiger partial charge in [-0.2, -0.15) is 0 Å². The normalized spacial score (nSPS) is 25.9. The van der Waals surface area contributed by atoms with Gasteiger partial charge in [0.1, 0.15) is 5.82 Å². The topological polar surface area (TPSA) is 26.0 Å². The Morgan fingerprint density at radius 3 is 2.89 bits per heavy atom. The van der Waals surface area contributed by atoms with Crippen LogP contribution in [0.5, 0.6) is 0 Å². The summed E-state index contributed by atoms with van der Waals surface area (Å²) in [6, 6.07) is 4.93. The number of allylic oxidation sites excluding steroid dienone is 1. The maximum absolute atomic E-state index is 13.8. The van der Waals surface area contributed by atoms with E-state index < -0.39 is 0 Å². The van der Waals surface area contributed by atoms with Crippen molar-refractivity contribution in [2.24, 2.45) is 5.73 Å². The Morgan fingerprint density at radius 2 is 2.26 bits per heavy atom. The lowest BCUT2D eigenvalue weighted by atomic mass is 9.76. The van der Waals surface area contributed by atoms with Gasteiger partial charge in [0.25, 0.3) is 0 Å². The van der Waals surface area contributed by atoms with Crippen LogP contribution in [-0.2, 0) is 6.42 Å². The summed E-state index contributed by atoms with van der Waals surface area (Å²) in [5.41, 5.74) is 8.72. The number of halogens is 1. The minimum atomic E-state index is -0.350. The number of thiol groups is 1. The van der Waals surface area contributed by atoms with Crippen LogP contribution in [0.15, 0.2) is 46.9 Å². The fourth-order valence-corrected chi connectivity index (χ4v) is 2.96. The minimum absolute atomic E-state index is 0.218. The molecule has 3 heteroatoms. The van der Waals surface area contributed by atoms with Crippen LogP contribution in [0.3, 0.4) is 0 Å². The third kappa shape index (κ3) is 3.10. The van der Waals surface area contributed by atoms with Crippen molar-refractivity contribution in [2.45, 2.75) is 43.0 Å². The van der Waals surface area contributed by atoms with Crippen LogP contribution in [0.25, 0.3) is 0 Å². The van der Waals surface area contributed by atoms with Crippen molar-refractivity contribution in [3.05, 3.63) is 53.4 Å². The molecule has 0 aromatic heterocycles. The molecule has 0 radical (unpaired) electrons. The molecule has 0 aliphatic heterocycles. The van der Waals surface area contributed by atoms with Crippen molar-refractivity contribution in [2.75, 3.05) is 0 Å². The molecule has 2 N–H and O–H groups in total. The molecule has 1 nitrogen and oxygen atoms in total. The molecule has 19 heavy (non-hydrogen) atoms. The highest BCUT2D eigenvalue weighted by molar-refractivity contribution is 7.80. The summed E-state index contributed by atoms with van der Waals surface area (Å²) in [6.07, 6.45) is 5.51. The molecule has 1 fully saturated rings. The summed E-state index contributed by atoms with van der Waals surface area (Å²) in [7, 11) is 0. The lowest BCUT2D eigenvalue weighted by Gasteiger charge is -2.34. The predicted octanol–water partition coefficient (Wildman–Crippen LogP) is 4.04. The molecule has 1 aliphatic rings. The van der Waals surface area contributed by atoms with E-state index in [9.17, 15) is 4.39 Å². The maximum Gasteiger partial charge on any atom is 0.127 e. The van der Waals surface area contributed by atoms with E-state index >= 15 is 0 Å². The number of nitrogens with two attached hydrogens (primary N) is 1. The fraction of sp³-hybridized carbons (Fsp3) is 0.375. The zero-order valence-electron chi connectivity index (χ0n) is 11.2. The van der Waals surface area contributed by atoms with Crippen molar-refractivity contribution in [3.63, 3.8) is 0 Å². The van der Waals surface area contributed by atoms with Crippen molar-refractivity contribution in [1.82, 2.24) is 0 Å². The molecule has 0 saturated heterocycles. The Kier molecular flexibility index (Phi) is 4.16. The van der Waals surface area contributed by atoms with Crippen LogP contribution in [-0.4, -0.2) is 5.54 Å². The second-order valence-corrected chi connectivity index (χ2v) is 5.92. The summed E-state index contributed by atoms with van der Waals surface area (Å²) in [6.45, 7) is 6.11. The quantitative estimate of drug-likeness (QED) is 0.784. The molecule has 102 valence electrons. The lowest BCUT2D eigenvalue weighted by Crippen LogP contribution is -2.41. The molecule has 2 rings (SSSR count). The first-order valence-electron chi connectivity index (χ1n) is 6.56. The Morgan fingerprint density at radius 1 is 1.53 bits per heavy atom. The molecule has 0 amide bonds. The lowest BCUT2D eigenvalue weighted by molar-refractivity contribution is 0.454. The summed E-state index contributed by atoms with van der Waals surface area (Å²) in [5, 5.41) is 0. The van der Waals surface area contributed by atoms with Gasteiger partial charge in [0.05, 0.1) is 0 Å². The van der Waals surface area contributed by atoms with Crippen LogP contribution in [0.1, 0.15) is 31.7 Å². The first-order valence-corrected chi connectivity index (χ1v) is 7.00. The second kappa shape index (κ2) is 5.51. The van der Waals surface area contributed by atoms with Gasteiger partial charge in [-0.3, -0.25) is 0 Å². The Bertz CT molecular complexity index is 511. The zero-order valence-corrected chi connectivity index (χ0v) is 12.1. The van der Waals surface area contributed by atoms with Crippen LogP contribution in [0.4, 0.5) is 4.39 Å². The molecule has 1 unspecified atom stereocenters. The van der Waals surface area contributed by atoms with Crippen LogP contribution < -0.4 is 5.73 Å². The molecule has 0 bridgehead atoms. The Balaban J connectivity index is 2.28. The van der Waals surface area contributed by atoms with E-state index in [4.69, 9.17) is 5.73 Å². The van der Waals surface area contributed by atoms with Crippen LogP contribution >= 0.6 is 12.6 Å². The maximum atomic E-state index is 13.8. The Labute approximate surface area is 119 Å². The van der Waals surface area contributed by atoms with E-state index in [1.165, 1.54) is 6.07 Å². The summed E-state index contributed by atoms with van der Waals surface area (Å²) in [4.78, 5) is 0.678. The SMILES string of the molecule is C=C1CCCC(C)(N)/C1=C/Cc1c(F)cccc1S. The molecule has 1 aromatic carbocycles. The van der Waals surface area contributed by atoms with E-state index in [-0.39, 0.29) is 11.4 Å². The standard InChI is InChI=1S/C16H20FNS/c1-11-5-4-10-16(2,18)13(11)9-8-12-14(17)6-3-7-15(12)19/h3,6-7,9,19H,1,4-5,8,10,18H2,2H3/b13-9+. The van der Waals surface area contributed by atoms with E-state index in [1.54, 1.807) is 12.1 Å². The van der Waals surface area contributed by atoms with Crippen molar-refractivity contribution in [3.8, 4) is 0 Å². The van der Waals surface area contributed by atoms with E-state index in [0.717, 1.165) is 30.4 Å². The van der Waals surface area contributed by atoms with Crippen LogP contribution in [0, 0.1) is 5.82 Å². The number of rotatable bonds is 2. The zero-order chi connectivity index (χ0) is 14.0. The van der Waals surface area contributed by atoms with Gasteiger partial charge in [-0.25, -0.2) is 4.39 Å². The van der Waals surface area contributed by atoms with Crippen molar-refractivity contribution < 1.29 is 4.39 Å². The number of hydrogen-bond donors (Lipinski definition) is 2. The van der Waals surface area contributed by atoms with Gasteiger partial charge in [-0.1, -0.05) is 24.3 Å². The molecule has 1 saturated carbocycles. The summed E-state index contributed by atoms with van der Waals surface area (Å²) >= 11 is 4.31. The third-order valence-electron chi connectivity index (χ3n) is 3.78. The monoisotopic (exact) mass is 277 g/mol. The van der Waals surface area contributed by atoms with Gasteiger partial charge in [0.2, 0.25) is 0 Å². The van der Waals surface area contributed by atoms with Gasteiger partial charge < -0.3 is 5.73 Å². The molecule has 1 atom stereocenters. The van der Waals surface area contributed by atoms with Crippen LogP contribution in [0.2, 0.25) is 0 Å². The molecular formula is C16H20FNS. The molecule has 1 aliphatic carbocycles. The highest BCUT2D eigenvalue weighted by Crippen LogP contribution is 2.34. The average Bonchev–Trinajstić information content (AvgIpc) is 2.31. The largest absolute Gasteiger partial charge is 0.322 e. The fourth-order valence-electron chi connectivity index (χ4n) is 2.67. The smallest absolute Gasteiger partial charge is 0.127 e. The molecule has 1 aromatic rings. The van der Waals surface area contributed by atoms with Gasteiger partial charge in [-0.05, 0) is 50.3 Å². The predicted molar refractivity (Wildman–Crippen MR) is 81.0 cm³/mol. The van der Waals surface area contributed by atoms with E-state index in [1.807, 2.05) is 13.0 Å². The second-order valence-electron chi connectivity index (χ2n) is 5.43. The first kappa shape index (κ1) is 14.4. The molecule has 0 spiro atoms. The Hall–Kier alpha value is -1.06. The minimum Gasteiger partial charge on any atom is -0.322 e. The van der Waals surface area contributed by atoms with Gasteiger partial charge in [0, 0.05) is 16.0 Å². The van der Waals surface area contributed by atoms with Gasteiger partial charge in [-0.15, -0.1) is 12.6 Å². The summed E-state index contributed by atoms with van der Waals surface area (Å²) in [5.74, 6) is -0.218. The third-order valence-corrected chi connectivity index (χ3v) is 4.19. The van der Waals surface area contributed by atoms with E-state index in [2.05, 4.69) is 19.2 Å². The summed E-state index contributed by atoms with van der Waals surface area (Å²) < 4.78 is 13.8. The average molecular weight is 277 g/mol. The first-order chi connectivity index (χ1) is 8.92.